The largest absolute Gasteiger partial charge is 0.288 e. The van der Waals surface area contributed by atoms with Crippen LogP contribution in [-0.4, -0.2) is 5.78 Å². The van der Waals surface area contributed by atoms with Crippen LogP contribution in [0.5, 0.6) is 0 Å². The van der Waals surface area contributed by atoms with Crippen LogP contribution in [0.25, 0.3) is 0 Å². The van der Waals surface area contributed by atoms with E-state index in [1.807, 2.05) is 12.1 Å². The number of ketones is 1. The Kier molecular flexibility index (Phi) is 3.39. The predicted molar refractivity (Wildman–Crippen MR) is 77.5 cm³/mol. The number of rotatable bonds is 2. The molecule has 0 saturated carbocycles. The van der Waals surface area contributed by atoms with Gasteiger partial charge in [0.1, 0.15) is 5.82 Å². The fraction of sp³-hybridized carbons (Fsp3) is 0.278. The maximum Gasteiger partial charge on any atom is 0.196 e. The summed E-state index contributed by atoms with van der Waals surface area (Å²) in [5, 5.41) is 0. The average Bonchev–Trinajstić information content (AvgIpc) is 2.46. The van der Waals surface area contributed by atoms with E-state index in [1.165, 1.54) is 11.6 Å². The van der Waals surface area contributed by atoms with Crippen LogP contribution in [0.3, 0.4) is 0 Å². The highest BCUT2D eigenvalue weighted by molar-refractivity contribution is 6.10. The summed E-state index contributed by atoms with van der Waals surface area (Å²) >= 11 is 0. The van der Waals surface area contributed by atoms with Gasteiger partial charge in [-0.2, -0.15) is 0 Å². The number of aryl methyl sites for hydroxylation is 1. The molecule has 0 heterocycles. The van der Waals surface area contributed by atoms with Crippen LogP contribution in [-0.2, 0) is 12.8 Å². The van der Waals surface area contributed by atoms with E-state index in [9.17, 15) is 9.18 Å². The molecular formula is C18H17FO. The number of carbonyl (C=O) groups is 1. The molecule has 1 unspecified atom stereocenters. The first-order valence-electron chi connectivity index (χ1n) is 7.07. The first-order chi connectivity index (χ1) is 9.66. The Morgan fingerprint density at radius 3 is 2.65 bits per heavy atom. The summed E-state index contributed by atoms with van der Waals surface area (Å²) in [7, 11) is 0. The lowest BCUT2D eigenvalue weighted by molar-refractivity contribution is 0.103. The van der Waals surface area contributed by atoms with Gasteiger partial charge in [0.25, 0.3) is 0 Å². The number of hydrogen-bond donors (Lipinski definition) is 0. The lowest BCUT2D eigenvalue weighted by atomic mass is 9.81. The number of fused-ring (bicyclic) bond motifs is 1. The molecule has 0 amide bonds. The van der Waals surface area contributed by atoms with Crippen LogP contribution >= 0.6 is 0 Å². The van der Waals surface area contributed by atoms with Crippen molar-refractivity contribution in [3.05, 3.63) is 70.5 Å². The highest BCUT2D eigenvalue weighted by Crippen LogP contribution is 2.29. The highest BCUT2D eigenvalue weighted by Gasteiger charge is 2.22. The van der Waals surface area contributed by atoms with E-state index in [2.05, 4.69) is 13.0 Å². The summed E-state index contributed by atoms with van der Waals surface area (Å²) < 4.78 is 13.8. The molecule has 1 aliphatic rings. The Hall–Kier alpha value is -1.96. The summed E-state index contributed by atoms with van der Waals surface area (Å²) in [6.45, 7) is 2.20. The first-order valence-corrected chi connectivity index (χ1v) is 7.07. The summed E-state index contributed by atoms with van der Waals surface area (Å²) in [5.74, 6) is -0.0647. The van der Waals surface area contributed by atoms with E-state index in [0.717, 1.165) is 24.8 Å². The molecule has 0 fully saturated rings. The van der Waals surface area contributed by atoms with Gasteiger partial charge in [-0.25, -0.2) is 4.39 Å². The fourth-order valence-corrected chi connectivity index (χ4v) is 2.97. The van der Waals surface area contributed by atoms with Crippen LogP contribution < -0.4 is 0 Å². The van der Waals surface area contributed by atoms with Gasteiger partial charge in [-0.05, 0) is 48.4 Å². The number of halogens is 1. The molecule has 0 aliphatic heterocycles. The van der Waals surface area contributed by atoms with Crippen molar-refractivity contribution >= 4 is 5.78 Å². The number of hydrogen-bond acceptors (Lipinski definition) is 1. The smallest absolute Gasteiger partial charge is 0.196 e. The van der Waals surface area contributed by atoms with Crippen molar-refractivity contribution in [3.8, 4) is 0 Å². The van der Waals surface area contributed by atoms with Crippen molar-refractivity contribution in [1.82, 2.24) is 0 Å². The molecule has 0 radical (unpaired) electrons. The van der Waals surface area contributed by atoms with Gasteiger partial charge in [-0.15, -0.1) is 0 Å². The highest BCUT2D eigenvalue weighted by atomic mass is 19.1. The predicted octanol–water partition coefficient (Wildman–Crippen LogP) is 4.18. The zero-order chi connectivity index (χ0) is 14.1. The first kappa shape index (κ1) is 13.0. The van der Waals surface area contributed by atoms with Gasteiger partial charge >= 0.3 is 0 Å². The van der Waals surface area contributed by atoms with Crippen molar-refractivity contribution in [3.63, 3.8) is 0 Å². The third-order valence-corrected chi connectivity index (χ3v) is 4.10. The second kappa shape index (κ2) is 5.20. The van der Waals surface area contributed by atoms with Gasteiger partial charge in [-0.1, -0.05) is 37.3 Å². The fourth-order valence-electron chi connectivity index (χ4n) is 2.97. The number of benzene rings is 2. The minimum Gasteiger partial charge on any atom is -0.288 e. The molecule has 0 aromatic heterocycles. The Balaban J connectivity index is 2.07. The van der Waals surface area contributed by atoms with Crippen LogP contribution in [0.15, 0.2) is 42.5 Å². The van der Waals surface area contributed by atoms with Crippen molar-refractivity contribution in [2.24, 2.45) is 5.92 Å². The zero-order valence-corrected chi connectivity index (χ0v) is 11.5. The van der Waals surface area contributed by atoms with E-state index >= 15 is 0 Å². The van der Waals surface area contributed by atoms with Gasteiger partial charge in [-0.3, -0.25) is 4.79 Å². The summed E-state index contributed by atoms with van der Waals surface area (Å²) in [6, 6.07) is 12.0. The molecule has 0 spiro atoms. The van der Waals surface area contributed by atoms with Crippen molar-refractivity contribution in [1.29, 1.82) is 0 Å². The maximum atomic E-state index is 13.8. The molecular weight excluding hydrogens is 251 g/mol. The molecule has 1 nitrogen and oxygen atoms in total. The zero-order valence-electron chi connectivity index (χ0n) is 11.5. The molecule has 102 valence electrons. The third kappa shape index (κ3) is 2.26. The van der Waals surface area contributed by atoms with Crippen molar-refractivity contribution in [2.45, 2.75) is 26.2 Å². The average molecular weight is 268 g/mol. The standard InChI is InChI=1S/C18H17FO/c1-12-9-10-13-5-4-7-14(16(13)11-12)18(20)15-6-2-3-8-17(15)19/h2-8,12H,9-11H2,1H3. The van der Waals surface area contributed by atoms with E-state index in [0.29, 0.717) is 11.5 Å². The molecule has 20 heavy (non-hydrogen) atoms. The van der Waals surface area contributed by atoms with Gasteiger partial charge < -0.3 is 0 Å². The molecule has 2 heteroatoms. The van der Waals surface area contributed by atoms with Gasteiger partial charge in [0.15, 0.2) is 5.78 Å². The molecule has 2 aromatic rings. The molecule has 1 aliphatic carbocycles. The molecule has 1 atom stereocenters. The van der Waals surface area contributed by atoms with Gasteiger partial charge in [0, 0.05) is 5.56 Å². The van der Waals surface area contributed by atoms with Crippen LogP contribution in [0.4, 0.5) is 4.39 Å². The Bertz CT molecular complexity index is 660. The van der Waals surface area contributed by atoms with Gasteiger partial charge in [0.05, 0.1) is 5.56 Å². The second-order valence-electron chi connectivity index (χ2n) is 5.60. The monoisotopic (exact) mass is 268 g/mol. The maximum absolute atomic E-state index is 13.8. The quantitative estimate of drug-likeness (QED) is 0.747. The van der Waals surface area contributed by atoms with E-state index in [1.54, 1.807) is 18.2 Å². The SMILES string of the molecule is CC1CCc2cccc(C(=O)c3ccccc3F)c2C1. The van der Waals surface area contributed by atoms with Crippen LogP contribution in [0, 0.1) is 11.7 Å². The Morgan fingerprint density at radius 2 is 1.85 bits per heavy atom. The van der Waals surface area contributed by atoms with Gasteiger partial charge in [0.2, 0.25) is 0 Å². The third-order valence-electron chi connectivity index (χ3n) is 4.10. The molecule has 0 saturated heterocycles. The summed E-state index contributed by atoms with van der Waals surface area (Å²) in [6.07, 6.45) is 3.07. The lowest BCUT2D eigenvalue weighted by Gasteiger charge is -2.23. The van der Waals surface area contributed by atoms with Crippen molar-refractivity contribution in [2.75, 3.05) is 0 Å². The summed E-state index contributed by atoms with van der Waals surface area (Å²) in [5.41, 5.74) is 3.18. The summed E-state index contributed by atoms with van der Waals surface area (Å²) in [4.78, 5) is 12.6. The van der Waals surface area contributed by atoms with Crippen LogP contribution in [0.2, 0.25) is 0 Å². The van der Waals surface area contributed by atoms with E-state index in [4.69, 9.17) is 0 Å². The number of carbonyl (C=O) groups excluding carboxylic acids is 1. The minimum absolute atomic E-state index is 0.166. The van der Waals surface area contributed by atoms with Crippen molar-refractivity contribution < 1.29 is 9.18 Å². The second-order valence-corrected chi connectivity index (χ2v) is 5.60. The lowest BCUT2D eigenvalue weighted by Crippen LogP contribution is -2.16. The van der Waals surface area contributed by atoms with E-state index < -0.39 is 5.82 Å². The molecule has 0 N–H and O–H groups in total. The van der Waals surface area contributed by atoms with E-state index in [-0.39, 0.29) is 11.3 Å². The Morgan fingerprint density at radius 1 is 1.10 bits per heavy atom. The molecule has 3 rings (SSSR count). The Labute approximate surface area is 118 Å². The minimum atomic E-state index is -0.445. The topological polar surface area (TPSA) is 17.1 Å². The molecule has 0 bridgehead atoms. The normalized spacial score (nSPS) is 17.6. The molecule has 2 aromatic carbocycles. The van der Waals surface area contributed by atoms with Crippen LogP contribution in [0.1, 0.15) is 40.4 Å².